The average Bonchev–Trinajstić information content (AvgIpc) is 2.35. The Bertz CT molecular complexity index is 418. The molecular weight excluding hydrogens is 240 g/mol. The summed E-state index contributed by atoms with van der Waals surface area (Å²) in [6.07, 6.45) is 2.57. The van der Waals surface area contributed by atoms with E-state index in [1.165, 1.54) is 0 Å². The molecule has 0 fully saturated rings. The van der Waals surface area contributed by atoms with Crippen molar-refractivity contribution in [3.63, 3.8) is 0 Å². The van der Waals surface area contributed by atoms with Crippen LogP contribution in [0.1, 0.15) is 29.4 Å². The van der Waals surface area contributed by atoms with Crippen molar-refractivity contribution in [1.82, 2.24) is 15.2 Å². The third-order valence-corrected chi connectivity index (χ3v) is 2.72. The minimum atomic E-state index is -0.0674. The number of hydrogen-bond acceptors (Lipinski definition) is 4. The lowest BCUT2D eigenvalue weighted by molar-refractivity contribution is 0.0952. The van der Waals surface area contributed by atoms with Gasteiger partial charge in [-0.3, -0.25) is 9.78 Å². The maximum absolute atomic E-state index is 12.1. The van der Waals surface area contributed by atoms with Crippen LogP contribution < -0.4 is 10.6 Å². The van der Waals surface area contributed by atoms with Gasteiger partial charge in [-0.2, -0.15) is 0 Å². The van der Waals surface area contributed by atoms with E-state index in [-0.39, 0.29) is 5.91 Å². The zero-order chi connectivity index (χ0) is 14.3. The van der Waals surface area contributed by atoms with Crippen LogP contribution in [0.3, 0.4) is 0 Å². The SMILES string of the molecule is CCNc1cc(C)ncc1C(=O)NCCCN(C)C. The van der Waals surface area contributed by atoms with Crippen molar-refractivity contribution in [2.45, 2.75) is 20.3 Å². The summed E-state index contributed by atoms with van der Waals surface area (Å²) in [5, 5.41) is 6.12. The van der Waals surface area contributed by atoms with Crippen LogP contribution in [0.2, 0.25) is 0 Å². The predicted molar refractivity (Wildman–Crippen MR) is 78.6 cm³/mol. The van der Waals surface area contributed by atoms with E-state index >= 15 is 0 Å². The molecule has 1 rings (SSSR count). The van der Waals surface area contributed by atoms with Gasteiger partial charge < -0.3 is 15.5 Å². The summed E-state index contributed by atoms with van der Waals surface area (Å²) in [6.45, 7) is 6.35. The first kappa shape index (κ1) is 15.4. The molecule has 1 aromatic rings. The lowest BCUT2D eigenvalue weighted by Crippen LogP contribution is -2.28. The Labute approximate surface area is 115 Å². The molecule has 0 atom stereocenters. The van der Waals surface area contributed by atoms with Crippen LogP contribution in [-0.4, -0.2) is 49.5 Å². The third-order valence-electron chi connectivity index (χ3n) is 2.72. The van der Waals surface area contributed by atoms with Crippen molar-refractivity contribution in [3.8, 4) is 0 Å². The molecule has 0 saturated carbocycles. The molecule has 19 heavy (non-hydrogen) atoms. The van der Waals surface area contributed by atoms with E-state index in [9.17, 15) is 4.79 Å². The zero-order valence-electron chi connectivity index (χ0n) is 12.3. The van der Waals surface area contributed by atoms with Gasteiger partial charge in [0.1, 0.15) is 0 Å². The molecule has 0 aliphatic carbocycles. The second kappa shape index (κ2) is 7.74. The highest BCUT2D eigenvalue weighted by Crippen LogP contribution is 2.15. The van der Waals surface area contributed by atoms with Gasteiger partial charge in [0.2, 0.25) is 0 Å². The number of nitrogens with one attached hydrogen (secondary N) is 2. The molecule has 5 heteroatoms. The normalized spacial score (nSPS) is 10.6. The van der Waals surface area contributed by atoms with E-state index in [0.717, 1.165) is 30.9 Å². The summed E-state index contributed by atoms with van der Waals surface area (Å²) in [5.74, 6) is -0.0674. The van der Waals surface area contributed by atoms with Gasteiger partial charge in [-0.25, -0.2) is 0 Å². The molecule has 1 heterocycles. The van der Waals surface area contributed by atoms with E-state index in [0.29, 0.717) is 12.1 Å². The van der Waals surface area contributed by atoms with E-state index in [4.69, 9.17) is 0 Å². The fraction of sp³-hybridized carbons (Fsp3) is 0.571. The summed E-state index contributed by atoms with van der Waals surface area (Å²) >= 11 is 0. The van der Waals surface area contributed by atoms with Gasteiger partial charge >= 0.3 is 0 Å². The summed E-state index contributed by atoms with van der Waals surface area (Å²) < 4.78 is 0. The van der Waals surface area contributed by atoms with Crippen LogP contribution in [0, 0.1) is 6.92 Å². The summed E-state index contributed by atoms with van der Waals surface area (Å²) in [4.78, 5) is 18.4. The van der Waals surface area contributed by atoms with Crippen LogP contribution in [0.5, 0.6) is 0 Å². The first-order valence-electron chi connectivity index (χ1n) is 6.68. The second-order valence-electron chi connectivity index (χ2n) is 4.81. The van der Waals surface area contributed by atoms with E-state index in [1.54, 1.807) is 6.20 Å². The van der Waals surface area contributed by atoms with Gasteiger partial charge in [-0.15, -0.1) is 0 Å². The largest absolute Gasteiger partial charge is 0.385 e. The number of rotatable bonds is 7. The predicted octanol–water partition coefficient (Wildman–Crippen LogP) is 1.50. The van der Waals surface area contributed by atoms with Crippen molar-refractivity contribution >= 4 is 11.6 Å². The molecule has 0 aliphatic rings. The average molecular weight is 264 g/mol. The highest BCUT2D eigenvalue weighted by Gasteiger charge is 2.11. The molecule has 1 aromatic heterocycles. The van der Waals surface area contributed by atoms with Gasteiger partial charge in [-0.1, -0.05) is 0 Å². The van der Waals surface area contributed by atoms with Crippen molar-refractivity contribution in [2.24, 2.45) is 0 Å². The standard InChI is InChI=1S/C14H24N4O/c1-5-15-13-9-11(2)17-10-12(13)14(19)16-7-6-8-18(3)4/h9-10H,5-8H2,1-4H3,(H,15,17)(H,16,19). The number of carbonyl (C=O) groups excluding carboxylic acids is 1. The van der Waals surface area contributed by atoms with Crippen LogP contribution in [0.15, 0.2) is 12.3 Å². The van der Waals surface area contributed by atoms with Gasteiger partial charge in [-0.05, 0) is 47.0 Å². The van der Waals surface area contributed by atoms with Crippen LogP contribution >= 0.6 is 0 Å². The monoisotopic (exact) mass is 264 g/mol. The molecule has 0 bridgehead atoms. The Balaban J connectivity index is 2.60. The maximum atomic E-state index is 12.1. The molecule has 0 spiro atoms. The zero-order valence-corrected chi connectivity index (χ0v) is 12.3. The Morgan fingerprint density at radius 2 is 2.16 bits per heavy atom. The molecule has 0 aromatic carbocycles. The first-order chi connectivity index (χ1) is 9.04. The molecule has 0 radical (unpaired) electrons. The summed E-state index contributed by atoms with van der Waals surface area (Å²) in [6, 6.07) is 1.90. The number of aromatic nitrogens is 1. The fourth-order valence-corrected chi connectivity index (χ4v) is 1.77. The first-order valence-corrected chi connectivity index (χ1v) is 6.68. The Kier molecular flexibility index (Phi) is 6.29. The minimum Gasteiger partial charge on any atom is -0.385 e. The highest BCUT2D eigenvalue weighted by atomic mass is 16.1. The number of amides is 1. The fourth-order valence-electron chi connectivity index (χ4n) is 1.77. The third kappa shape index (κ3) is 5.26. The van der Waals surface area contributed by atoms with E-state index in [2.05, 4.69) is 20.5 Å². The number of hydrogen-bond donors (Lipinski definition) is 2. The topological polar surface area (TPSA) is 57.3 Å². The van der Waals surface area contributed by atoms with Crippen LogP contribution in [0.25, 0.3) is 0 Å². The highest BCUT2D eigenvalue weighted by molar-refractivity contribution is 5.99. The number of pyridine rings is 1. The van der Waals surface area contributed by atoms with Crippen LogP contribution in [0.4, 0.5) is 5.69 Å². The maximum Gasteiger partial charge on any atom is 0.254 e. The number of nitrogens with zero attached hydrogens (tertiary/aromatic N) is 2. The quantitative estimate of drug-likeness (QED) is 0.733. The van der Waals surface area contributed by atoms with Gasteiger partial charge in [0.15, 0.2) is 0 Å². The van der Waals surface area contributed by atoms with Crippen molar-refractivity contribution in [1.29, 1.82) is 0 Å². The molecule has 106 valence electrons. The smallest absolute Gasteiger partial charge is 0.254 e. The van der Waals surface area contributed by atoms with Gasteiger partial charge in [0.05, 0.1) is 11.3 Å². The molecule has 1 amide bonds. The Morgan fingerprint density at radius 3 is 2.79 bits per heavy atom. The molecule has 0 unspecified atom stereocenters. The molecular formula is C14H24N4O. The minimum absolute atomic E-state index is 0.0674. The van der Waals surface area contributed by atoms with E-state index in [1.807, 2.05) is 34.0 Å². The van der Waals surface area contributed by atoms with Crippen molar-refractivity contribution in [3.05, 3.63) is 23.5 Å². The van der Waals surface area contributed by atoms with Gasteiger partial charge in [0, 0.05) is 25.0 Å². The molecule has 0 saturated heterocycles. The molecule has 5 nitrogen and oxygen atoms in total. The Hall–Kier alpha value is -1.62. The number of aryl methyl sites for hydroxylation is 1. The number of carbonyl (C=O) groups is 1. The van der Waals surface area contributed by atoms with E-state index < -0.39 is 0 Å². The summed E-state index contributed by atoms with van der Waals surface area (Å²) in [7, 11) is 4.05. The Morgan fingerprint density at radius 1 is 1.42 bits per heavy atom. The lowest BCUT2D eigenvalue weighted by atomic mass is 10.2. The van der Waals surface area contributed by atoms with Crippen molar-refractivity contribution in [2.75, 3.05) is 39.0 Å². The molecule has 2 N–H and O–H groups in total. The van der Waals surface area contributed by atoms with Crippen LogP contribution in [-0.2, 0) is 0 Å². The molecule has 0 aliphatic heterocycles. The summed E-state index contributed by atoms with van der Waals surface area (Å²) in [5.41, 5.74) is 2.36. The lowest BCUT2D eigenvalue weighted by Gasteiger charge is -2.12. The number of anilines is 1. The van der Waals surface area contributed by atoms with Crippen molar-refractivity contribution < 1.29 is 4.79 Å². The van der Waals surface area contributed by atoms with Gasteiger partial charge in [0.25, 0.3) is 5.91 Å². The second-order valence-corrected chi connectivity index (χ2v) is 4.81.